The van der Waals surface area contributed by atoms with E-state index in [1.165, 1.54) is 0 Å². The van der Waals surface area contributed by atoms with Crippen molar-refractivity contribution < 1.29 is 9.90 Å². The summed E-state index contributed by atoms with van der Waals surface area (Å²) in [7, 11) is 0. The summed E-state index contributed by atoms with van der Waals surface area (Å²) in [5.74, 6) is -0.125. The highest BCUT2D eigenvalue weighted by molar-refractivity contribution is 6.01. The van der Waals surface area contributed by atoms with E-state index >= 15 is 0 Å². The number of aryl methyl sites for hydroxylation is 3. The molecule has 0 saturated carbocycles. The second-order valence-electron chi connectivity index (χ2n) is 4.90. The van der Waals surface area contributed by atoms with Crippen LogP contribution in [0.4, 0.5) is 0 Å². The van der Waals surface area contributed by atoms with Gasteiger partial charge in [0.1, 0.15) is 11.3 Å². The number of pyridine rings is 1. The van der Waals surface area contributed by atoms with E-state index in [-0.39, 0.29) is 5.56 Å². The third kappa shape index (κ3) is 2.50. The minimum absolute atomic E-state index is 0.246. The van der Waals surface area contributed by atoms with Gasteiger partial charge in [0, 0.05) is 18.9 Å². The minimum atomic E-state index is -0.947. The fourth-order valence-electron chi connectivity index (χ4n) is 2.50. The van der Waals surface area contributed by atoms with E-state index in [2.05, 4.69) is 14.5 Å². The summed E-state index contributed by atoms with van der Waals surface area (Å²) in [6.45, 7) is 2.64. The maximum atomic E-state index is 11.3. The molecule has 0 aliphatic carbocycles. The Morgan fingerprint density at radius 1 is 1.29 bits per heavy atom. The van der Waals surface area contributed by atoms with E-state index in [0.717, 1.165) is 29.9 Å². The Morgan fingerprint density at radius 3 is 2.86 bits per heavy atom. The molecule has 0 bridgehead atoms. The zero-order valence-electron chi connectivity index (χ0n) is 11.7. The van der Waals surface area contributed by atoms with E-state index in [0.29, 0.717) is 5.52 Å². The van der Waals surface area contributed by atoms with Gasteiger partial charge in [-0.2, -0.15) is 0 Å². The number of aromatic carboxylic acids is 1. The summed E-state index contributed by atoms with van der Waals surface area (Å²) in [6.07, 6.45) is 4.43. The maximum Gasteiger partial charge on any atom is 0.337 e. The molecule has 3 aromatic rings. The predicted octanol–water partition coefficient (Wildman–Crippen LogP) is 2.68. The van der Waals surface area contributed by atoms with E-state index in [4.69, 9.17) is 0 Å². The Bertz CT molecular complexity index is 794. The molecular formula is C16H15N3O2. The highest BCUT2D eigenvalue weighted by Gasteiger charge is 2.14. The summed E-state index contributed by atoms with van der Waals surface area (Å²) >= 11 is 0. The standard InChI is InChI=1S/C16H15N3O2/c1-11-18-15-13(16(20)21)5-2-6-14(15)19(11)9-7-12-4-3-8-17-10-12/h2-6,8,10H,7,9H2,1H3,(H,20,21). The Hall–Kier alpha value is -2.69. The molecule has 0 spiro atoms. The zero-order chi connectivity index (χ0) is 14.8. The average Bonchev–Trinajstić information content (AvgIpc) is 2.81. The van der Waals surface area contributed by atoms with E-state index < -0.39 is 5.97 Å². The molecule has 5 nitrogen and oxygen atoms in total. The van der Waals surface area contributed by atoms with Gasteiger partial charge in [0.25, 0.3) is 0 Å². The van der Waals surface area contributed by atoms with Crippen LogP contribution in [0.3, 0.4) is 0 Å². The van der Waals surface area contributed by atoms with Crippen LogP contribution in [-0.2, 0) is 13.0 Å². The lowest BCUT2D eigenvalue weighted by Crippen LogP contribution is -2.04. The average molecular weight is 281 g/mol. The molecule has 0 saturated heterocycles. The number of rotatable bonds is 4. The van der Waals surface area contributed by atoms with Gasteiger partial charge in [0.2, 0.25) is 0 Å². The fourth-order valence-corrected chi connectivity index (χ4v) is 2.50. The molecule has 0 fully saturated rings. The van der Waals surface area contributed by atoms with Crippen LogP contribution in [-0.4, -0.2) is 25.6 Å². The number of imidazole rings is 1. The number of aromatic nitrogens is 3. The second-order valence-corrected chi connectivity index (χ2v) is 4.90. The first-order valence-corrected chi connectivity index (χ1v) is 6.75. The lowest BCUT2D eigenvalue weighted by molar-refractivity contribution is 0.0699. The van der Waals surface area contributed by atoms with Crippen molar-refractivity contribution in [1.29, 1.82) is 0 Å². The van der Waals surface area contributed by atoms with Crippen LogP contribution in [0.1, 0.15) is 21.7 Å². The van der Waals surface area contributed by atoms with Gasteiger partial charge < -0.3 is 9.67 Å². The molecule has 3 rings (SSSR count). The molecule has 1 N–H and O–H groups in total. The molecular weight excluding hydrogens is 266 g/mol. The molecule has 0 atom stereocenters. The van der Waals surface area contributed by atoms with Gasteiger partial charge in [-0.25, -0.2) is 9.78 Å². The van der Waals surface area contributed by atoms with E-state index in [1.807, 2.05) is 31.3 Å². The number of hydrogen-bond donors (Lipinski definition) is 1. The third-order valence-electron chi connectivity index (χ3n) is 3.55. The molecule has 5 heteroatoms. The summed E-state index contributed by atoms with van der Waals surface area (Å²) in [4.78, 5) is 19.8. The predicted molar refractivity (Wildman–Crippen MR) is 79.4 cm³/mol. The number of benzene rings is 1. The third-order valence-corrected chi connectivity index (χ3v) is 3.55. The quantitative estimate of drug-likeness (QED) is 0.798. The van der Waals surface area contributed by atoms with Crippen LogP contribution < -0.4 is 0 Å². The molecule has 0 aliphatic rings. The number of fused-ring (bicyclic) bond motifs is 1. The van der Waals surface area contributed by atoms with Gasteiger partial charge in [-0.15, -0.1) is 0 Å². The number of carboxylic acids is 1. The SMILES string of the molecule is Cc1nc2c(C(=O)O)cccc2n1CCc1cccnc1. The van der Waals surface area contributed by atoms with Gasteiger partial charge in [0.15, 0.2) is 0 Å². The number of carbonyl (C=O) groups is 1. The Labute approximate surface area is 121 Å². The molecule has 21 heavy (non-hydrogen) atoms. The molecule has 0 radical (unpaired) electrons. The maximum absolute atomic E-state index is 11.3. The Kier molecular flexibility index (Phi) is 3.39. The topological polar surface area (TPSA) is 68.0 Å². The van der Waals surface area contributed by atoms with Crippen molar-refractivity contribution in [2.24, 2.45) is 0 Å². The van der Waals surface area contributed by atoms with Crippen LogP contribution in [0.5, 0.6) is 0 Å². The van der Waals surface area contributed by atoms with Gasteiger partial charge in [-0.1, -0.05) is 12.1 Å². The number of nitrogens with zero attached hydrogens (tertiary/aromatic N) is 3. The van der Waals surface area contributed by atoms with E-state index in [9.17, 15) is 9.90 Å². The van der Waals surface area contributed by atoms with Gasteiger partial charge in [-0.3, -0.25) is 4.98 Å². The second kappa shape index (κ2) is 5.36. The van der Waals surface area contributed by atoms with Crippen molar-refractivity contribution in [3.05, 3.63) is 59.7 Å². The van der Waals surface area contributed by atoms with Crippen molar-refractivity contribution in [3.63, 3.8) is 0 Å². The zero-order valence-corrected chi connectivity index (χ0v) is 11.7. The van der Waals surface area contributed by atoms with Crippen LogP contribution in [0.15, 0.2) is 42.7 Å². The summed E-state index contributed by atoms with van der Waals surface area (Å²) in [5, 5.41) is 9.23. The lowest BCUT2D eigenvalue weighted by Gasteiger charge is -2.07. The first-order chi connectivity index (χ1) is 10.2. The van der Waals surface area contributed by atoms with Crippen LogP contribution in [0.2, 0.25) is 0 Å². The molecule has 0 unspecified atom stereocenters. The Balaban J connectivity index is 1.97. The molecule has 0 aliphatic heterocycles. The normalized spacial score (nSPS) is 10.9. The van der Waals surface area contributed by atoms with Crippen molar-refractivity contribution >= 4 is 17.0 Å². The van der Waals surface area contributed by atoms with E-state index in [1.54, 1.807) is 18.3 Å². The minimum Gasteiger partial charge on any atom is -0.478 e. The molecule has 0 amide bonds. The molecule has 106 valence electrons. The monoisotopic (exact) mass is 281 g/mol. The number of carboxylic acid groups (broad SMARTS) is 1. The van der Waals surface area contributed by atoms with Gasteiger partial charge >= 0.3 is 5.97 Å². The summed E-state index contributed by atoms with van der Waals surface area (Å²) in [5.41, 5.74) is 2.80. The lowest BCUT2D eigenvalue weighted by atomic mass is 10.2. The van der Waals surface area contributed by atoms with Crippen molar-refractivity contribution in [1.82, 2.24) is 14.5 Å². The smallest absolute Gasteiger partial charge is 0.337 e. The first-order valence-electron chi connectivity index (χ1n) is 6.75. The molecule has 2 aromatic heterocycles. The first kappa shape index (κ1) is 13.3. The van der Waals surface area contributed by atoms with Crippen LogP contribution >= 0.6 is 0 Å². The van der Waals surface area contributed by atoms with Crippen LogP contribution in [0.25, 0.3) is 11.0 Å². The number of hydrogen-bond acceptors (Lipinski definition) is 3. The van der Waals surface area contributed by atoms with Crippen LogP contribution in [0, 0.1) is 6.92 Å². The highest BCUT2D eigenvalue weighted by Crippen LogP contribution is 2.20. The largest absolute Gasteiger partial charge is 0.478 e. The highest BCUT2D eigenvalue weighted by atomic mass is 16.4. The molecule has 2 heterocycles. The van der Waals surface area contributed by atoms with Gasteiger partial charge in [-0.05, 0) is 37.1 Å². The van der Waals surface area contributed by atoms with Crippen molar-refractivity contribution in [2.75, 3.05) is 0 Å². The van der Waals surface area contributed by atoms with Gasteiger partial charge in [0.05, 0.1) is 11.1 Å². The summed E-state index contributed by atoms with van der Waals surface area (Å²) < 4.78 is 2.05. The summed E-state index contributed by atoms with van der Waals surface area (Å²) in [6, 6.07) is 9.20. The van der Waals surface area contributed by atoms with Crippen molar-refractivity contribution in [2.45, 2.75) is 19.9 Å². The number of para-hydroxylation sites is 1. The fraction of sp³-hybridized carbons (Fsp3) is 0.188. The van der Waals surface area contributed by atoms with Crippen molar-refractivity contribution in [3.8, 4) is 0 Å². The molecule has 1 aromatic carbocycles. The Morgan fingerprint density at radius 2 is 2.14 bits per heavy atom.